The molecule has 2 aliphatic heterocycles. The van der Waals surface area contributed by atoms with Gasteiger partial charge in [-0.1, -0.05) is 13.0 Å². The first-order chi connectivity index (χ1) is 13.2. The van der Waals surface area contributed by atoms with E-state index in [4.69, 9.17) is 9.47 Å². The third-order valence-electron chi connectivity index (χ3n) is 5.13. The summed E-state index contributed by atoms with van der Waals surface area (Å²) in [5.41, 5.74) is 0.864. The van der Waals surface area contributed by atoms with Crippen molar-refractivity contribution in [1.82, 2.24) is 4.90 Å². The molecule has 5 nitrogen and oxygen atoms in total. The molecule has 27 heavy (non-hydrogen) atoms. The van der Waals surface area contributed by atoms with Crippen LogP contribution in [0.15, 0.2) is 35.7 Å². The number of carbonyl (C=O) groups excluding carboxylic acids is 1. The number of benzene rings is 1. The van der Waals surface area contributed by atoms with Gasteiger partial charge in [-0.3, -0.25) is 9.69 Å². The highest BCUT2D eigenvalue weighted by Crippen LogP contribution is 2.35. The summed E-state index contributed by atoms with van der Waals surface area (Å²) in [7, 11) is 0. The number of hydrogen-bond acceptors (Lipinski definition) is 5. The number of nitrogens with zero attached hydrogens (tertiary/aromatic N) is 2. The fraction of sp³-hybridized carbons (Fsp3) is 0.476. The first-order valence-corrected chi connectivity index (χ1v) is 10.5. The summed E-state index contributed by atoms with van der Waals surface area (Å²) in [6.45, 7) is 6.42. The number of thiophene rings is 1. The Bertz CT molecular complexity index is 778. The summed E-state index contributed by atoms with van der Waals surface area (Å²) >= 11 is 1.68. The van der Waals surface area contributed by atoms with Crippen LogP contribution in [-0.2, 0) is 11.3 Å². The van der Waals surface area contributed by atoms with E-state index in [0.717, 1.165) is 24.5 Å². The third-order valence-corrected chi connectivity index (χ3v) is 5.99. The lowest BCUT2D eigenvalue weighted by Crippen LogP contribution is -2.43. The lowest BCUT2D eigenvalue weighted by molar-refractivity contribution is -0.120. The predicted molar refractivity (Wildman–Crippen MR) is 108 cm³/mol. The van der Waals surface area contributed by atoms with Crippen molar-refractivity contribution in [2.24, 2.45) is 5.92 Å². The number of hydrogen-bond donors (Lipinski definition) is 0. The van der Waals surface area contributed by atoms with Crippen LogP contribution < -0.4 is 14.4 Å². The molecule has 1 atom stereocenters. The van der Waals surface area contributed by atoms with Crippen molar-refractivity contribution >= 4 is 22.9 Å². The van der Waals surface area contributed by atoms with E-state index < -0.39 is 0 Å². The standard InChI is InChI=1S/C21H26N2O3S/c1-16-4-2-8-22(13-16)15-21(24)23(14-18-5-3-11-27-18)17-6-7-19-20(12-17)26-10-9-25-19/h3,5-7,11-12,16H,2,4,8-10,13-15H2,1H3. The second-order valence-electron chi connectivity index (χ2n) is 7.37. The maximum Gasteiger partial charge on any atom is 0.241 e. The van der Waals surface area contributed by atoms with Crippen LogP contribution in [-0.4, -0.2) is 43.7 Å². The van der Waals surface area contributed by atoms with Crippen LogP contribution in [0.4, 0.5) is 5.69 Å². The number of fused-ring (bicyclic) bond motifs is 1. The van der Waals surface area contributed by atoms with Gasteiger partial charge in [0.15, 0.2) is 11.5 Å². The first kappa shape index (κ1) is 18.3. The maximum absolute atomic E-state index is 13.2. The molecule has 2 aromatic rings. The van der Waals surface area contributed by atoms with Gasteiger partial charge in [0, 0.05) is 23.2 Å². The molecule has 0 saturated carbocycles. The minimum absolute atomic E-state index is 0.133. The zero-order valence-electron chi connectivity index (χ0n) is 15.7. The van der Waals surface area contributed by atoms with E-state index in [0.29, 0.717) is 38.0 Å². The van der Waals surface area contributed by atoms with E-state index in [1.165, 1.54) is 17.7 Å². The van der Waals surface area contributed by atoms with E-state index in [1.807, 2.05) is 34.5 Å². The Labute approximate surface area is 164 Å². The molecule has 6 heteroatoms. The Morgan fingerprint density at radius 3 is 2.89 bits per heavy atom. The second kappa shape index (κ2) is 8.31. The summed E-state index contributed by atoms with van der Waals surface area (Å²) in [4.78, 5) is 18.6. The Balaban J connectivity index is 1.55. The molecule has 0 N–H and O–H groups in total. The van der Waals surface area contributed by atoms with Crippen LogP contribution in [0.3, 0.4) is 0 Å². The van der Waals surface area contributed by atoms with E-state index in [9.17, 15) is 4.79 Å². The topological polar surface area (TPSA) is 42.0 Å². The summed E-state index contributed by atoms with van der Waals surface area (Å²) in [6, 6.07) is 9.89. The van der Waals surface area contributed by atoms with E-state index in [-0.39, 0.29) is 5.91 Å². The van der Waals surface area contributed by atoms with Crippen molar-refractivity contribution in [2.75, 3.05) is 37.7 Å². The summed E-state index contributed by atoms with van der Waals surface area (Å²) in [5.74, 6) is 2.26. The molecule has 1 fully saturated rings. The number of ether oxygens (including phenoxy) is 2. The van der Waals surface area contributed by atoms with E-state index in [1.54, 1.807) is 11.3 Å². The van der Waals surface area contributed by atoms with Crippen molar-refractivity contribution in [2.45, 2.75) is 26.3 Å². The average molecular weight is 387 g/mol. The van der Waals surface area contributed by atoms with Crippen LogP contribution >= 0.6 is 11.3 Å². The van der Waals surface area contributed by atoms with Gasteiger partial charge in [-0.2, -0.15) is 0 Å². The highest BCUT2D eigenvalue weighted by Gasteiger charge is 2.24. The second-order valence-corrected chi connectivity index (χ2v) is 8.40. The van der Waals surface area contributed by atoms with Gasteiger partial charge in [0.1, 0.15) is 13.2 Å². The maximum atomic E-state index is 13.2. The largest absolute Gasteiger partial charge is 0.486 e. The fourth-order valence-electron chi connectivity index (χ4n) is 3.79. The third kappa shape index (κ3) is 4.45. The Hall–Kier alpha value is -2.05. The fourth-order valence-corrected chi connectivity index (χ4v) is 4.48. The van der Waals surface area contributed by atoms with Crippen molar-refractivity contribution in [1.29, 1.82) is 0 Å². The summed E-state index contributed by atoms with van der Waals surface area (Å²) in [5, 5.41) is 2.05. The van der Waals surface area contributed by atoms with Crippen LogP contribution in [0.5, 0.6) is 11.5 Å². The molecule has 0 spiro atoms. The van der Waals surface area contributed by atoms with Gasteiger partial charge in [-0.25, -0.2) is 0 Å². The normalized spacial score (nSPS) is 19.7. The summed E-state index contributed by atoms with van der Waals surface area (Å²) < 4.78 is 11.3. The molecule has 2 aliphatic rings. The van der Waals surface area contributed by atoms with Crippen molar-refractivity contribution in [3.8, 4) is 11.5 Å². The molecule has 0 aliphatic carbocycles. The predicted octanol–water partition coefficient (Wildman–Crippen LogP) is 3.78. The van der Waals surface area contributed by atoms with Crippen molar-refractivity contribution in [3.05, 3.63) is 40.6 Å². The highest BCUT2D eigenvalue weighted by atomic mass is 32.1. The quantitative estimate of drug-likeness (QED) is 0.784. The molecular formula is C21H26N2O3S. The Kier molecular flexibility index (Phi) is 5.64. The molecule has 0 radical (unpaired) electrons. The smallest absolute Gasteiger partial charge is 0.241 e. The minimum atomic E-state index is 0.133. The molecule has 144 valence electrons. The average Bonchev–Trinajstić information content (AvgIpc) is 3.19. The molecule has 1 aromatic heterocycles. The zero-order chi connectivity index (χ0) is 18.6. The molecule has 3 heterocycles. The molecule has 1 saturated heterocycles. The molecule has 1 aromatic carbocycles. The molecule has 1 amide bonds. The van der Waals surface area contributed by atoms with Gasteiger partial charge in [0.25, 0.3) is 0 Å². The molecular weight excluding hydrogens is 360 g/mol. The highest BCUT2D eigenvalue weighted by molar-refractivity contribution is 7.09. The zero-order valence-corrected chi connectivity index (χ0v) is 16.5. The molecule has 0 bridgehead atoms. The van der Waals surface area contributed by atoms with Crippen molar-refractivity contribution in [3.63, 3.8) is 0 Å². The number of anilines is 1. The SMILES string of the molecule is CC1CCCN(CC(=O)N(Cc2cccs2)c2ccc3c(c2)OCCO3)C1. The van der Waals surface area contributed by atoms with Crippen molar-refractivity contribution < 1.29 is 14.3 Å². The first-order valence-electron chi connectivity index (χ1n) is 9.64. The lowest BCUT2D eigenvalue weighted by atomic mass is 10.0. The lowest BCUT2D eigenvalue weighted by Gasteiger charge is -2.32. The van der Waals surface area contributed by atoms with Crippen LogP contribution in [0.2, 0.25) is 0 Å². The number of piperidine rings is 1. The number of rotatable bonds is 5. The van der Waals surface area contributed by atoms with Gasteiger partial charge in [-0.05, 0) is 48.9 Å². The Morgan fingerprint density at radius 2 is 2.11 bits per heavy atom. The van der Waals surface area contributed by atoms with E-state index >= 15 is 0 Å². The monoisotopic (exact) mass is 386 g/mol. The van der Waals surface area contributed by atoms with Gasteiger partial charge in [0.2, 0.25) is 5.91 Å². The van der Waals surface area contributed by atoms with Crippen LogP contribution in [0.1, 0.15) is 24.6 Å². The van der Waals surface area contributed by atoms with E-state index in [2.05, 4.69) is 17.9 Å². The van der Waals surface area contributed by atoms with Gasteiger partial charge in [0.05, 0.1) is 13.1 Å². The number of likely N-dealkylation sites (tertiary alicyclic amines) is 1. The number of amides is 1. The number of carbonyl (C=O) groups is 1. The summed E-state index contributed by atoms with van der Waals surface area (Å²) in [6.07, 6.45) is 2.43. The Morgan fingerprint density at radius 1 is 1.26 bits per heavy atom. The van der Waals surface area contributed by atoms with Gasteiger partial charge in [-0.15, -0.1) is 11.3 Å². The van der Waals surface area contributed by atoms with Gasteiger partial charge < -0.3 is 14.4 Å². The van der Waals surface area contributed by atoms with Crippen LogP contribution in [0, 0.1) is 5.92 Å². The minimum Gasteiger partial charge on any atom is -0.486 e. The molecule has 1 unspecified atom stereocenters. The molecule has 4 rings (SSSR count). The van der Waals surface area contributed by atoms with Gasteiger partial charge >= 0.3 is 0 Å². The van der Waals surface area contributed by atoms with Crippen LogP contribution in [0.25, 0.3) is 0 Å².